The maximum absolute atomic E-state index is 13.1. The van der Waals surface area contributed by atoms with Crippen LogP contribution in [0.25, 0.3) is 11.0 Å². The molecule has 0 radical (unpaired) electrons. The summed E-state index contributed by atoms with van der Waals surface area (Å²) in [5, 5.41) is 0.414. The number of hydrogen-bond acceptors (Lipinski definition) is 8. The summed E-state index contributed by atoms with van der Waals surface area (Å²) in [6.45, 7) is 0. The standard InChI is InChI=1S/C24H18N6O4S/c25-23-21-20(13-27-24(21)29-14-28-23)22(31)15-3-1-4-16(11-15)30-35(32,33)19-8-6-17(7-9-19)34-18-5-2-10-26-12-18/h1-14,30H,(H3,25,27,28,29). The lowest BCUT2D eigenvalue weighted by Gasteiger charge is -2.10. The fraction of sp³-hybridized carbons (Fsp3) is 0. The maximum Gasteiger partial charge on any atom is 0.261 e. The number of sulfonamides is 1. The molecule has 4 N–H and O–H groups in total. The smallest absolute Gasteiger partial charge is 0.261 e. The first-order valence-corrected chi connectivity index (χ1v) is 11.8. The number of carbonyl (C=O) groups is 1. The SMILES string of the molecule is Nc1ncnc2[nH]cc(C(=O)c3cccc(NS(=O)(=O)c4ccc(Oc5cccnc5)cc4)c3)c12. The Morgan fingerprint density at radius 2 is 1.83 bits per heavy atom. The summed E-state index contributed by atoms with van der Waals surface area (Å²) in [6.07, 6.45) is 5.98. The van der Waals surface area contributed by atoms with Gasteiger partial charge in [0, 0.05) is 23.6 Å². The highest BCUT2D eigenvalue weighted by molar-refractivity contribution is 7.92. The van der Waals surface area contributed by atoms with Crippen molar-refractivity contribution in [2.24, 2.45) is 0 Å². The molecule has 0 fully saturated rings. The molecule has 5 aromatic rings. The van der Waals surface area contributed by atoms with E-state index in [1.165, 1.54) is 30.7 Å². The van der Waals surface area contributed by atoms with Crippen LogP contribution in [0.15, 0.2) is 90.5 Å². The number of ketones is 1. The summed E-state index contributed by atoms with van der Waals surface area (Å²) in [6, 6.07) is 15.6. The molecule has 0 saturated heterocycles. The Hall–Kier alpha value is -4.77. The highest BCUT2D eigenvalue weighted by Crippen LogP contribution is 2.26. The number of nitrogen functional groups attached to an aromatic ring is 1. The summed E-state index contributed by atoms with van der Waals surface area (Å²) >= 11 is 0. The molecule has 10 nitrogen and oxygen atoms in total. The van der Waals surface area contributed by atoms with E-state index in [2.05, 4.69) is 24.7 Å². The lowest BCUT2D eigenvalue weighted by molar-refractivity contribution is 0.104. The Morgan fingerprint density at radius 1 is 1.00 bits per heavy atom. The zero-order chi connectivity index (χ0) is 24.4. The number of benzene rings is 2. The van der Waals surface area contributed by atoms with E-state index >= 15 is 0 Å². The molecule has 0 amide bonds. The first-order chi connectivity index (χ1) is 16.9. The molecule has 5 rings (SSSR count). The molecule has 3 heterocycles. The van der Waals surface area contributed by atoms with Gasteiger partial charge in [0.2, 0.25) is 0 Å². The van der Waals surface area contributed by atoms with E-state index in [1.54, 1.807) is 54.9 Å². The average Bonchev–Trinajstić information content (AvgIpc) is 3.30. The first kappa shape index (κ1) is 22.0. The molecule has 35 heavy (non-hydrogen) atoms. The maximum atomic E-state index is 13.1. The van der Waals surface area contributed by atoms with Crippen LogP contribution in [0, 0.1) is 0 Å². The first-order valence-electron chi connectivity index (χ1n) is 10.3. The fourth-order valence-corrected chi connectivity index (χ4v) is 4.54. The van der Waals surface area contributed by atoms with Gasteiger partial charge in [-0.2, -0.15) is 0 Å². The minimum absolute atomic E-state index is 0.0364. The molecular weight excluding hydrogens is 468 g/mol. The van der Waals surface area contributed by atoms with Crippen molar-refractivity contribution < 1.29 is 17.9 Å². The highest BCUT2D eigenvalue weighted by Gasteiger charge is 2.19. The number of hydrogen-bond donors (Lipinski definition) is 3. The predicted molar refractivity (Wildman–Crippen MR) is 130 cm³/mol. The van der Waals surface area contributed by atoms with E-state index in [0.29, 0.717) is 28.1 Å². The fourth-order valence-electron chi connectivity index (χ4n) is 3.49. The topological polar surface area (TPSA) is 153 Å². The molecule has 0 aliphatic heterocycles. The third-order valence-electron chi connectivity index (χ3n) is 5.12. The number of pyridine rings is 1. The molecule has 2 aromatic carbocycles. The van der Waals surface area contributed by atoms with Crippen molar-refractivity contribution >= 4 is 38.3 Å². The van der Waals surface area contributed by atoms with Crippen molar-refractivity contribution in [2.45, 2.75) is 4.90 Å². The van der Waals surface area contributed by atoms with Gasteiger partial charge in [0.05, 0.1) is 22.0 Å². The minimum atomic E-state index is -3.92. The molecule has 0 unspecified atom stereocenters. The van der Waals surface area contributed by atoms with Crippen molar-refractivity contribution in [1.82, 2.24) is 19.9 Å². The number of carbonyl (C=O) groups excluding carboxylic acids is 1. The molecule has 0 atom stereocenters. The van der Waals surface area contributed by atoms with Crippen LogP contribution in [0.2, 0.25) is 0 Å². The zero-order valence-corrected chi connectivity index (χ0v) is 18.9. The number of nitrogens with one attached hydrogen (secondary N) is 2. The highest BCUT2D eigenvalue weighted by atomic mass is 32.2. The van der Waals surface area contributed by atoms with Gasteiger partial charge in [-0.25, -0.2) is 18.4 Å². The molecule has 3 aromatic heterocycles. The molecule has 0 aliphatic rings. The molecule has 0 aliphatic carbocycles. The van der Waals surface area contributed by atoms with E-state index in [0.717, 1.165) is 0 Å². The minimum Gasteiger partial charge on any atom is -0.456 e. The third-order valence-corrected chi connectivity index (χ3v) is 6.52. The predicted octanol–water partition coefficient (Wildman–Crippen LogP) is 3.76. The van der Waals surface area contributed by atoms with E-state index in [9.17, 15) is 13.2 Å². The van der Waals surface area contributed by atoms with E-state index in [4.69, 9.17) is 10.5 Å². The normalized spacial score (nSPS) is 11.3. The molecule has 11 heteroatoms. The number of ether oxygens (including phenoxy) is 1. The van der Waals surface area contributed by atoms with Gasteiger partial charge in [-0.3, -0.25) is 14.5 Å². The van der Waals surface area contributed by atoms with Gasteiger partial charge in [-0.05, 0) is 48.5 Å². The van der Waals surface area contributed by atoms with Gasteiger partial charge in [-0.15, -0.1) is 0 Å². The van der Waals surface area contributed by atoms with Crippen LogP contribution >= 0.6 is 0 Å². The molecule has 0 bridgehead atoms. The summed E-state index contributed by atoms with van der Waals surface area (Å²) in [4.78, 5) is 28.0. The lowest BCUT2D eigenvalue weighted by Crippen LogP contribution is -2.13. The van der Waals surface area contributed by atoms with Crippen LogP contribution in [0.1, 0.15) is 15.9 Å². The number of rotatable bonds is 7. The number of nitrogens with zero attached hydrogens (tertiary/aromatic N) is 3. The Labute approximate surface area is 199 Å². The van der Waals surface area contributed by atoms with Crippen LogP contribution in [0.5, 0.6) is 11.5 Å². The summed E-state index contributed by atoms with van der Waals surface area (Å²) in [5.74, 6) is 0.820. The summed E-state index contributed by atoms with van der Waals surface area (Å²) in [5.41, 5.74) is 7.16. The Kier molecular flexibility index (Phi) is 5.59. The van der Waals surface area contributed by atoms with Gasteiger partial charge in [-0.1, -0.05) is 12.1 Å². The largest absolute Gasteiger partial charge is 0.456 e. The molecular formula is C24H18N6O4S. The number of aromatic amines is 1. The van der Waals surface area contributed by atoms with Crippen LogP contribution in [-0.2, 0) is 10.0 Å². The van der Waals surface area contributed by atoms with Crippen LogP contribution in [-0.4, -0.2) is 34.1 Å². The van der Waals surface area contributed by atoms with Crippen LogP contribution in [0.3, 0.4) is 0 Å². The Bertz CT molecular complexity index is 1630. The third kappa shape index (κ3) is 4.52. The number of aromatic nitrogens is 4. The van der Waals surface area contributed by atoms with E-state index in [1.807, 2.05) is 0 Å². The second-order valence-corrected chi connectivity index (χ2v) is 9.14. The lowest BCUT2D eigenvalue weighted by atomic mass is 10.0. The molecule has 0 spiro atoms. The number of H-pyrrole nitrogens is 1. The Morgan fingerprint density at radius 3 is 2.60 bits per heavy atom. The monoisotopic (exact) mass is 486 g/mol. The van der Waals surface area contributed by atoms with Crippen LogP contribution < -0.4 is 15.2 Å². The van der Waals surface area contributed by atoms with Crippen molar-refractivity contribution in [3.63, 3.8) is 0 Å². The average molecular weight is 487 g/mol. The molecule has 174 valence electrons. The second-order valence-electron chi connectivity index (χ2n) is 7.46. The Balaban J connectivity index is 1.36. The van der Waals surface area contributed by atoms with E-state index < -0.39 is 10.0 Å². The quantitative estimate of drug-likeness (QED) is 0.294. The number of anilines is 2. The van der Waals surface area contributed by atoms with Crippen molar-refractivity contribution in [3.8, 4) is 11.5 Å². The summed E-state index contributed by atoms with van der Waals surface area (Å²) in [7, 11) is -3.92. The second kappa shape index (κ2) is 8.88. The number of nitrogens with two attached hydrogens (primary N) is 1. The van der Waals surface area contributed by atoms with Crippen LogP contribution in [0.4, 0.5) is 11.5 Å². The molecule has 0 saturated carbocycles. The van der Waals surface area contributed by atoms with Gasteiger partial charge in [0.15, 0.2) is 5.78 Å². The van der Waals surface area contributed by atoms with Crippen molar-refractivity contribution in [1.29, 1.82) is 0 Å². The summed E-state index contributed by atoms with van der Waals surface area (Å²) < 4.78 is 34.0. The number of fused-ring (bicyclic) bond motifs is 1. The van der Waals surface area contributed by atoms with E-state index in [-0.39, 0.29) is 27.7 Å². The van der Waals surface area contributed by atoms with Crippen molar-refractivity contribution in [3.05, 3.63) is 96.7 Å². The van der Waals surface area contributed by atoms with Gasteiger partial charge >= 0.3 is 0 Å². The zero-order valence-electron chi connectivity index (χ0n) is 18.0. The van der Waals surface area contributed by atoms with Gasteiger partial charge in [0.25, 0.3) is 10.0 Å². The van der Waals surface area contributed by atoms with Crippen molar-refractivity contribution in [2.75, 3.05) is 10.5 Å². The van der Waals surface area contributed by atoms with Gasteiger partial charge in [0.1, 0.15) is 29.3 Å². The van der Waals surface area contributed by atoms with Gasteiger partial charge < -0.3 is 15.5 Å².